The molecule has 0 spiro atoms. The zero-order valence-electron chi connectivity index (χ0n) is 19.4. The molecule has 5 atom stereocenters. The Morgan fingerprint density at radius 1 is 1.00 bits per heavy atom. The smallest absolute Gasteiger partial charge is 0.344 e. The SMILES string of the molecule is CCOC(=O)COc1cc2c(c(OCC(=O)OCC)c1OC)[C@@H]1O[C@H](CO)[C@@H](O)[C@H](O)[C@H]1OC2=O. The van der Waals surface area contributed by atoms with E-state index in [1.807, 2.05) is 0 Å². The third kappa shape index (κ3) is 5.42. The van der Waals surface area contributed by atoms with Gasteiger partial charge in [-0.3, -0.25) is 0 Å². The second-order valence-corrected chi connectivity index (χ2v) is 7.51. The van der Waals surface area contributed by atoms with Crippen molar-refractivity contribution >= 4 is 17.9 Å². The van der Waals surface area contributed by atoms with E-state index in [0.29, 0.717) is 0 Å². The summed E-state index contributed by atoms with van der Waals surface area (Å²) < 4.78 is 37.4. The number of ether oxygens (including phenoxy) is 7. The van der Waals surface area contributed by atoms with Crippen LogP contribution in [0.25, 0.3) is 0 Å². The van der Waals surface area contributed by atoms with E-state index < -0.39 is 68.2 Å². The highest BCUT2D eigenvalue weighted by Crippen LogP contribution is 2.51. The van der Waals surface area contributed by atoms with Gasteiger partial charge in [0.2, 0.25) is 5.75 Å². The van der Waals surface area contributed by atoms with Crippen molar-refractivity contribution in [2.75, 3.05) is 40.1 Å². The average molecular weight is 500 g/mol. The van der Waals surface area contributed by atoms with Gasteiger partial charge in [-0.25, -0.2) is 14.4 Å². The lowest BCUT2D eigenvalue weighted by molar-refractivity contribution is -0.235. The molecule has 0 radical (unpaired) electrons. The fourth-order valence-corrected chi connectivity index (χ4v) is 3.84. The Morgan fingerprint density at radius 3 is 2.20 bits per heavy atom. The quantitative estimate of drug-likeness (QED) is 0.271. The molecule has 0 aliphatic carbocycles. The largest absolute Gasteiger partial charge is 0.490 e. The Kier molecular flexibility index (Phi) is 8.72. The van der Waals surface area contributed by atoms with Gasteiger partial charge in [0, 0.05) is 5.56 Å². The van der Waals surface area contributed by atoms with Crippen LogP contribution in [0, 0.1) is 0 Å². The second-order valence-electron chi connectivity index (χ2n) is 7.51. The van der Waals surface area contributed by atoms with Crippen LogP contribution in [0.5, 0.6) is 17.2 Å². The van der Waals surface area contributed by atoms with Crippen molar-refractivity contribution < 1.29 is 62.9 Å². The Balaban J connectivity index is 2.11. The minimum Gasteiger partial charge on any atom is -0.490 e. The molecule has 13 nitrogen and oxygen atoms in total. The molecule has 0 aromatic heterocycles. The van der Waals surface area contributed by atoms with Crippen LogP contribution in [0.2, 0.25) is 0 Å². The van der Waals surface area contributed by atoms with Crippen molar-refractivity contribution in [1.29, 1.82) is 0 Å². The van der Waals surface area contributed by atoms with Crippen molar-refractivity contribution in [2.45, 2.75) is 44.4 Å². The van der Waals surface area contributed by atoms with Crippen LogP contribution in [0.1, 0.15) is 35.9 Å². The molecule has 0 saturated carbocycles. The molecular weight excluding hydrogens is 472 g/mol. The normalized spacial score (nSPS) is 25.0. The number of rotatable bonds is 10. The van der Waals surface area contributed by atoms with Gasteiger partial charge in [0.1, 0.15) is 24.4 Å². The number of fused-ring (bicyclic) bond motifs is 3. The molecular formula is C22H28O13. The summed E-state index contributed by atoms with van der Waals surface area (Å²) in [5, 5.41) is 30.4. The van der Waals surface area contributed by atoms with Crippen LogP contribution >= 0.6 is 0 Å². The predicted octanol–water partition coefficient (Wildman–Crippen LogP) is -0.728. The van der Waals surface area contributed by atoms with E-state index >= 15 is 0 Å². The van der Waals surface area contributed by atoms with E-state index in [4.69, 9.17) is 33.2 Å². The molecule has 35 heavy (non-hydrogen) atoms. The van der Waals surface area contributed by atoms with Gasteiger partial charge < -0.3 is 48.5 Å². The maximum Gasteiger partial charge on any atom is 0.344 e. The van der Waals surface area contributed by atoms with E-state index in [-0.39, 0.29) is 41.6 Å². The van der Waals surface area contributed by atoms with Gasteiger partial charge in [0.15, 0.2) is 30.8 Å². The van der Waals surface area contributed by atoms with Crippen molar-refractivity contribution in [3.63, 3.8) is 0 Å². The number of aliphatic hydroxyl groups excluding tert-OH is 3. The second kappa shape index (κ2) is 11.5. The van der Waals surface area contributed by atoms with E-state index in [0.717, 1.165) is 0 Å². The zero-order chi connectivity index (χ0) is 25.7. The Hall–Kier alpha value is -3.13. The maximum absolute atomic E-state index is 12.9. The van der Waals surface area contributed by atoms with Crippen LogP contribution in [-0.2, 0) is 28.5 Å². The highest BCUT2D eigenvalue weighted by molar-refractivity contribution is 5.95. The standard InChI is InChI=1S/C22H28O13/c1-4-30-13(24)8-32-11-6-10-15(19(18(11)29-3)33-9-14(25)31-5-2)20-21(35-22(10)28)17(27)16(26)12(7-23)34-20/h6,12,16-17,20-21,23,26-27H,4-5,7-9H2,1-3H3/t12-,16-,17+,20+,21-/m1/s1. The minimum atomic E-state index is -1.59. The molecule has 3 rings (SSSR count). The fourth-order valence-electron chi connectivity index (χ4n) is 3.84. The molecule has 1 saturated heterocycles. The number of hydrogen-bond donors (Lipinski definition) is 3. The molecule has 13 heteroatoms. The van der Waals surface area contributed by atoms with Gasteiger partial charge in [-0.1, -0.05) is 0 Å². The lowest BCUT2D eigenvalue weighted by Crippen LogP contribution is -2.58. The number of methoxy groups -OCH3 is 1. The van der Waals surface area contributed by atoms with Crippen molar-refractivity contribution in [1.82, 2.24) is 0 Å². The summed E-state index contributed by atoms with van der Waals surface area (Å²) in [7, 11) is 1.27. The number of carbonyl (C=O) groups excluding carboxylic acids is 3. The van der Waals surface area contributed by atoms with Crippen molar-refractivity contribution in [3.8, 4) is 17.2 Å². The van der Waals surface area contributed by atoms with Gasteiger partial charge in [-0.05, 0) is 19.9 Å². The average Bonchev–Trinajstić information content (AvgIpc) is 2.84. The first-order valence-corrected chi connectivity index (χ1v) is 10.9. The van der Waals surface area contributed by atoms with Gasteiger partial charge in [-0.15, -0.1) is 0 Å². The number of esters is 3. The highest BCUT2D eigenvalue weighted by atomic mass is 16.6. The van der Waals surface area contributed by atoms with Crippen LogP contribution in [0.3, 0.4) is 0 Å². The molecule has 0 unspecified atom stereocenters. The number of carbonyl (C=O) groups is 3. The maximum atomic E-state index is 12.9. The predicted molar refractivity (Wildman–Crippen MR) is 113 cm³/mol. The first kappa shape index (κ1) is 26.5. The summed E-state index contributed by atoms with van der Waals surface area (Å²) in [6, 6.07) is 1.23. The lowest BCUT2D eigenvalue weighted by Gasteiger charge is -2.44. The highest BCUT2D eigenvalue weighted by Gasteiger charge is 2.52. The summed E-state index contributed by atoms with van der Waals surface area (Å²) in [6.07, 6.45) is -6.89. The lowest BCUT2D eigenvalue weighted by atomic mass is 9.86. The Morgan fingerprint density at radius 2 is 1.63 bits per heavy atom. The number of benzene rings is 1. The molecule has 0 amide bonds. The summed E-state index contributed by atoms with van der Waals surface area (Å²) in [6.45, 7) is 1.73. The number of aliphatic hydroxyl groups is 3. The molecule has 1 fully saturated rings. The van der Waals surface area contributed by atoms with Crippen LogP contribution in [-0.4, -0.2) is 97.8 Å². The van der Waals surface area contributed by atoms with E-state index in [2.05, 4.69) is 0 Å². The number of hydrogen-bond acceptors (Lipinski definition) is 13. The topological polar surface area (TPSA) is 177 Å². The molecule has 0 bridgehead atoms. The van der Waals surface area contributed by atoms with E-state index in [1.165, 1.54) is 13.2 Å². The fraction of sp³-hybridized carbons (Fsp3) is 0.591. The van der Waals surface area contributed by atoms with Crippen LogP contribution in [0.4, 0.5) is 0 Å². The first-order chi connectivity index (χ1) is 16.8. The monoisotopic (exact) mass is 500 g/mol. The molecule has 1 aromatic rings. The summed E-state index contributed by atoms with van der Waals surface area (Å²) >= 11 is 0. The van der Waals surface area contributed by atoms with Gasteiger partial charge in [0.05, 0.1) is 32.5 Å². The molecule has 1 aromatic carbocycles. The van der Waals surface area contributed by atoms with Gasteiger partial charge >= 0.3 is 17.9 Å². The van der Waals surface area contributed by atoms with E-state index in [9.17, 15) is 29.7 Å². The molecule has 3 N–H and O–H groups in total. The molecule has 194 valence electrons. The Labute approximate surface area is 200 Å². The van der Waals surface area contributed by atoms with Gasteiger partial charge in [-0.2, -0.15) is 0 Å². The molecule has 2 heterocycles. The third-order valence-corrected chi connectivity index (χ3v) is 5.35. The van der Waals surface area contributed by atoms with Crippen molar-refractivity contribution in [3.05, 3.63) is 17.2 Å². The first-order valence-electron chi connectivity index (χ1n) is 10.9. The van der Waals surface area contributed by atoms with Crippen molar-refractivity contribution in [2.24, 2.45) is 0 Å². The summed E-state index contributed by atoms with van der Waals surface area (Å²) in [4.78, 5) is 36.7. The molecule has 2 aliphatic rings. The molecule has 2 aliphatic heterocycles. The van der Waals surface area contributed by atoms with Gasteiger partial charge in [0.25, 0.3) is 0 Å². The zero-order valence-corrected chi connectivity index (χ0v) is 19.4. The van der Waals surface area contributed by atoms with Crippen LogP contribution in [0.15, 0.2) is 6.07 Å². The Bertz CT molecular complexity index is 946. The minimum absolute atomic E-state index is 0.0419. The van der Waals surface area contributed by atoms with Crippen LogP contribution < -0.4 is 14.2 Å². The summed E-state index contributed by atoms with van der Waals surface area (Å²) in [5.41, 5.74) is -0.0784. The summed E-state index contributed by atoms with van der Waals surface area (Å²) in [5.74, 6) is -2.65. The third-order valence-electron chi connectivity index (χ3n) is 5.35. The van der Waals surface area contributed by atoms with E-state index in [1.54, 1.807) is 13.8 Å².